The van der Waals surface area contributed by atoms with Crippen LogP contribution in [0.5, 0.6) is 0 Å². The SMILES string of the molecule is CCOC(=O)N1CCN(C(=O)Cc2c(C)[nH]n(-c3nc(C)c(C)s3)c2=O)CC1. The molecule has 0 unspecified atom stereocenters. The van der Waals surface area contributed by atoms with E-state index in [1.54, 1.807) is 23.6 Å². The van der Waals surface area contributed by atoms with Crippen molar-refractivity contribution in [1.29, 1.82) is 0 Å². The van der Waals surface area contributed by atoms with Gasteiger partial charge in [-0.05, 0) is 27.7 Å². The van der Waals surface area contributed by atoms with Crippen molar-refractivity contribution in [3.05, 3.63) is 32.2 Å². The smallest absolute Gasteiger partial charge is 0.409 e. The van der Waals surface area contributed by atoms with Crippen molar-refractivity contribution in [1.82, 2.24) is 24.6 Å². The Hall–Kier alpha value is -2.62. The lowest BCUT2D eigenvalue weighted by atomic mass is 10.1. The molecule has 2 amide bonds. The first-order chi connectivity index (χ1) is 13.3. The summed E-state index contributed by atoms with van der Waals surface area (Å²) in [5, 5.41) is 3.60. The van der Waals surface area contributed by atoms with Crippen LogP contribution in [0.3, 0.4) is 0 Å². The molecule has 3 rings (SSSR count). The van der Waals surface area contributed by atoms with Crippen LogP contribution in [0.15, 0.2) is 4.79 Å². The molecular formula is C18H25N5O4S. The standard InChI is InChI=1S/C18H25N5O4S/c1-5-27-18(26)22-8-6-21(7-9-22)15(24)10-14-12(3)20-23(16(14)25)17-19-11(2)13(4)28-17/h20H,5-10H2,1-4H3. The van der Waals surface area contributed by atoms with E-state index in [4.69, 9.17) is 4.74 Å². The number of aromatic amines is 1. The first kappa shape index (κ1) is 20.1. The number of thiazole rings is 1. The number of carbonyl (C=O) groups is 2. The molecule has 1 saturated heterocycles. The zero-order valence-electron chi connectivity index (χ0n) is 16.6. The maximum Gasteiger partial charge on any atom is 0.409 e. The Bertz CT molecular complexity index is 917. The lowest BCUT2D eigenvalue weighted by Crippen LogP contribution is -2.51. The van der Waals surface area contributed by atoms with Gasteiger partial charge in [0.1, 0.15) is 0 Å². The molecule has 1 aliphatic rings. The number of carbonyl (C=O) groups excluding carboxylic acids is 2. The monoisotopic (exact) mass is 407 g/mol. The molecule has 0 saturated carbocycles. The molecule has 0 spiro atoms. The molecule has 152 valence electrons. The van der Waals surface area contributed by atoms with Crippen LogP contribution in [0.2, 0.25) is 0 Å². The molecule has 2 aromatic heterocycles. The van der Waals surface area contributed by atoms with Crippen molar-refractivity contribution in [2.75, 3.05) is 32.8 Å². The van der Waals surface area contributed by atoms with Crippen molar-refractivity contribution in [2.24, 2.45) is 0 Å². The second kappa shape index (κ2) is 8.17. The van der Waals surface area contributed by atoms with E-state index in [1.165, 1.54) is 16.0 Å². The highest BCUT2D eigenvalue weighted by atomic mass is 32.1. The molecular weight excluding hydrogens is 382 g/mol. The van der Waals surface area contributed by atoms with Crippen LogP contribution >= 0.6 is 11.3 Å². The molecule has 0 aromatic carbocycles. The van der Waals surface area contributed by atoms with Gasteiger partial charge < -0.3 is 14.5 Å². The third kappa shape index (κ3) is 3.96. The maximum atomic E-state index is 12.8. The number of piperazine rings is 1. The Balaban J connectivity index is 1.68. The number of hydrogen-bond donors (Lipinski definition) is 1. The van der Waals surface area contributed by atoms with Gasteiger partial charge in [0.05, 0.1) is 18.7 Å². The molecule has 0 bridgehead atoms. The zero-order valence-corrected chi connectivity index (χ0v) is 17.4. The Labute approximate surface area is 166 Å². The summed E-state index contributed by atoms with van der Waals surface area (Å²) in [6.07, 6.45) is -0.329. The topological polar surface area (TPSA) is 101 Å². The van der Waals surface area contributed by atoms with E-state index in [1.807, 2.05) is 13.8 Å². The summed E-state index contributed by atoms with van der Waals surface area (Å²) >= 11 is 1.43. The van der Waals surface area contributed by atoms with Gasteiger partial charge in [0.2, 0.25) is 11.0 Å². The number of ether oxygens (including phenoxy) is 1. The van der Waals surface area contributed by atoms with Crippen molar-refractivity contribution in [2.45, 2.75) is 34.1 Å². The van der Waals surface area contributed by atoms with Crippen molar-refractivity contribution in [3.63, 3.8) is 0 Å². The number of amides is 2. The summed E-state index contributed by atoms with van der Waals surface area (Å²) in [6.45, 7) is 9.45. The maximum absolute atomic E-state index is 12.8. The van der Waals surface area contributed by atoms with Crippen LogP contribution in [0.1, 0.15) is 28.8 Å². The summed E-state index contributed by atoms with van der Waals surface area (Å²) in [6, 6.07) is 0. The fourth-order valence-corrected chi connectivity index (χ4v) is 3.96. The third-order valence-corrected chi connectivity index (χ3v) is 5.95. The van der Waals surface area contributed by atoms with Crippen LogP contribution in [0, 0.1) is 20.8 Å². The summed E-state index contributed by atoms with van der Waals surface area (Å²) in [5.74, 6) is -0.124. The van der Waals surface area contributed by atoms with Gasteiger partial charge in [-0.15, -0.1) is 0 Å². The fourth-order valence-electron chi connectivity index (χ4n) is 3.09. The highest BCUT2D eigenvalue weighted by Crippen LogP contribution is 2.19. The minimum atomic E-state index is -0.354. The van der Waals surface area contributed by atoms with Crippen LogP contribution in [-0.4, -0.2) is 69.4 Å². The van der Waals surface area contributed by atoms with Gasteiger partial charge in [0.15, 0.2) is 0 Å². The Morgan fingerprint density at radius 1 is 1.14 bits per heavy atom. The first-order valence-corrected chi connectivity index (χ1v) is 10.1. The normalized spacial score (nSPS) is 14.4. The minimum absolute atomic E-state index is 0.0247. The van der Waals surface area contributed by atoms with Gasteiger partial charge in [0.25, 0.3) is 5.56 Å². The van der Waals surface area contributed by atoms with Crippen molar-refractivity contribution >= 4 is 23.3 Å². The predicted octanol–water partition coefficient (Wildman–Crippen LogP) is 1.39. The number of aryl methyl sites for hydroxylation is 3. The summed E-state index contributed by atoms with van der Waals surface area (Å²) < 4.78 is 6.39. The quantitative estimate of drug-likeness (QED) is 0.825. The van der Waals surface area contributed by atoms with Gasteiger partial charge in [-0.3, -0.25) is 14.7 Å². The lowest BCUT2D eigenvalue weighted by Gasteiger charge is -2.34. The van der Waals surface area contributed by atoms with E-state index in [0.29, 0.717) is 49.2 Å². The summed E-state index contributed by atoms with van der Waals surface area (Å²) in [7, 11) is 0. The zero-order chi connectivity index (χ0) is 20.4. The van der Waals surface area contributed by atoms with Crippen LogP contribution in [-0.2, 0) is 16.0 Å². The van der Waals surface area contributed by atoms with Crippen molar-refractivity contribution in [3.8, 4) is 5.13 Å². The molecule has 1 fully saturated rings. The Morgan fingerprint density at radius 2 is 1.79 bits per heavy atom. The van der Waals surface area contributed by atoms with E-state index >= 15 is 0 Å². The second-order valence-electron chi connectivity index (χ2n) is 6.74. The number of nitrogens with one attached hydrogen (secondary N) is 1. The number of aromatic nitrogens is 3. The van der Waals surface area contributed by atoms with Gasteiger partial charge >= 0.3 is 6.09 Å². The molecule has 2 aromatic rings. The van der Waals surface area contributed by atoms with E-state index in [9.17, 15) is 14.4 Å². The molecule has 9 nitrogen and oxygen atoms in total. The van der Waals surface area contributed by atoms with E-state index in [2.05, 4.69) is 10.1 Å². The number of H-pyrrole nitrogens is 1. The molecule has 1 N–H and O–H groups in total. The molecule has 28 heavy (non-hydrogen) atoms. The van der Waals surface area contributed by atoms with Crippen LogP contribution in [0.4, 0.5) is 4.79 Å². The molecule has 0 atom stereocenters. The number of hydrogen-bond acceptors (Lipinski definition) is 6. The van der Waals surface area contributed by atoms with Gasteiger partial charge in [0, 0.05) is 42.3 Å². The average Bonchev–Trinajstić information content (AvgIpc) is 3.15. The largest absolute Gasteiger partial charge is 0.450 e. The van der Waals surface area contributed by atoms with Crippen LogP contribution < -0.4 is 5.56 Å². The second-order valence-corrected chi connectivity index (χ2v) is 7.92. The number of nitrogens with zero attached hydrogens (tertiary/aromatic N) is 4. The Morgan fingerprint density at radius 3 is 2.36 bits per heavy atom. The minimum Gasteiger partial charge on any atom is -0.450 e. The average molecular weight is 407 g/mol. The Kier molecular flexibility index (Phi) is 5.87. The fraction of sp³-hybridized carbons (Fsp3) is 0.556. The molecule has 10 heteroatoms. The molecule has 1 aliphatic heterocycles. The highest BCUT2D eigenvalue weighted by molar-refractivity contribution is 7.14. The highest BCUT2D eigenvalue weighted by Gasteiger charge is 2.26. The lowest BCUT2D eigenvalue weighted by molar-refractivity contribution is -0.132. The van der Waals surface area contributed by atoms with E-state index in [-0.39, 0.29) is 24.0 Å². The van der Waals surface area contributed by atoms with Crippen molar-refractivity contribution < 1.29 is 14.3 Å². The van der Waals surface area contributed by atoms with E-state index in [0.717, 1.165) is 10.6 Å². The van der Waals surface area contributed by atoms with Crippen LogP contribution in [0.25, 0.3) is 5.13 Å². The molecule has 0 radical (unpaired) electrons. The van der Waals surface area contributed by atoms with Gasteiger partial charge in [-0.1, -0.05) is 11.3 Å². The number of rotatable bonds is 4. The van der Waals surface area contributed by atoms with E-state index < -0.39 is 0 Å². The third-order valence-electron chi connectivity index (χ3n) is 4.89. The summed E-state index contributed by atoms with van der Waals surface area (Å²) in [4.78, 5) is 46.0. The summed E-state index contributed by atoms with van der Waals surface area (Å²) in [5.41, 5.74) is 1.75. The van der Waals surface area contributed by atoms with Gasteiger partial charge in [-0.25, -0.2) is 9.78 Å². The van der Waals surface area contributed by atoms with Gasteiger partial charge in [-0.2, -0.15) is 4.68 Å². The molecule has 0 aliphatic carbocycles. The first-order valence-electron chi connectivity index (χ1n) is 9.26. The molecule has 3 heterocycles. The predicted molar refractivity (Wildman–Crippen MR) is 105 cm³/mol.